The van der Waals surface area contributed by atoms with E-state index in [9.17, 15) is 28.9 Å². The molecule has 1 aromatic heterocycles. The summed E-state index contributed by atoms with van der Waals surface area (Å²) < 4.78 is 25.1. The number of nitrogens with one attached hydrogen (secondary N) is 1. The first-order valence-corrected chi connectivity index (χ1v) is 9.33. The molecule has 1 amide bonds. The highest BCUT2D eigenvalue weighted by molar-refractivity contribution is 5.95. The van der Waals surface area contributed by atoms with Gasteiger partial charge in [0.2, 0.25) is 5.82 Å². The minimum Gasteiger partial charge on any atom is -0.462 e. The summed E-state index contributed by atoms with van der Waals surface area (Å²) in [6.45, 7) is 6.35. The van der Waals surface area contributed by atoms with Crippen molar-refractivity contribution in [2.45, 2.75) is 40.3 Å². The molecule has 0 saturated carbocycles. The van der Waals surface area contributed by atoms with Crippen LogP contribution in [0.2, 0.25) is 0 Å². The van der Waals surface area contributed by atoms with Crippen molar-refractivity contribution in [1.29, 1.82) is 0 Å². The number of benzene rings is 1. The predicted molar refractivity (Wildman–Crippen MR) is 107 cm³/mol. The molecule has 31 heavy (non-hydrogen) atoms. The third-order valence-corrected chi connectivity index (χ3v) is 4.44. The average molecular weight is 435 g/mol. The first-order chi connectivity index (χ1) is 14.5. The van der Waals surface area contributed by atoms with Gasteiger partial charge in [-0.1, -0.05) is 0 Å². The van der Waals surface area contributed by atoms with Crippen molar-refractivity contribution in [3.8, 4) is 0 Å². The van der Waals surface area contributed by atoms with Crippen molar-refractivity contribution < 1.29 is 33.2 Å². The van der Waals surface area contributed by atoms with Gasteiger partial charge in [-0.05, 0) is 45.9 Å². The van der Waals surface area contributed by atoms with E-state index in [0.717, 1.165) is 18.2 Å². The summed E-state index contributed by atoms with van der Waals surface area (Å²) in [4.78, 5) is 46.4. The molecule has 1 atom stereocenters. The molecule has 10 nitrogen and oxygen atoms in total. The SMILES string of the molecule is CCOC(=O)c1cc(C)n(CC(=O)OC(C)C(=O)Nc2ccc(F)c([N+](=O)[O-])c2)c1C. The standard InChI is InChI=1S/C20H22FN3O7/c1-5-30-20(27)15-8-11(2)23(12(15)3)10-18(25)31-13(4)19(26)22-14-6-7-16(21)17(9-14)24(28)29/h6-9,13H,5,10H2,1-4H3,(H,22,26). The van der Waals surface area contributed by atoms with Gasteiger partial charge in [-0.15, -0.1) is 0 Å². The summed E-state index contributed by atoms with van der Waals surface area (Å²) in [6, 6.07) is 4.46. The lowest BCUT2D eigenvalue weighted by molar-refractivity contribution is -0.387. The fourth-order valence-electron chi connectivity index (χ4n) is 2.85. The maximum atomic E-state index is 13.4. The van der Waals surface area contributed by atoms with Crippen LogP contribution in [-0.4, -0.2) is 40.0 Å². The van der Waals surface area contributed by atoms with Crippen molar-refractivity contribution in [3.05, 3.63) is 57.1 Å². The summed E-state index contributed by atoms with van der Waals surface area (Å²) >= 11 is 0. The average Bonchev–Trinajstić information content (AvgIpc) is 2.97. The van der Waals surface area contributed by atoms with Crippen LogP contribution in [0.1, 0.15) is 35.6 Å². The van der Waals surface area contributed by atoms with Crippen molar-refractivity contribution in [3.63, 3.8) is 0 Å². The second-order valence-electron chi connectivity index (χ2n) is 6.64. The Labute approximate surface area is 177 Å². The Morgan fingerprint density at radius 1 is 1.26 bits per heavy atom. The number of ether oxygens (including phenoxy) is 2. The molecule has 0 aliphatic rings. The molecule has 1 aromatic carbocycles. The first kappa shape index (κ1) is 23.5. The molecule has 0 bridgehead atoms. The van der Waals surface area contributed by atoms with Crippen molar-refractivity contribution in [2.75, 3.05) is 11.9 Å². The fraction of sp³-hybridized carbons (Fsp3) is 0.350. The number of carbonyl (C=O) groups is 3. The number of hydrogen-bond acceptors (Lipinski definition) is 7. The topological polar surface area (TPSA) is 130 Å². The molecular weight excluding hydrogens is 413 g/mol. The highest BCUT2D eigenvalue weighted by Gasteiger charge is 2.23. The summed E-state index contributed by atoms with van der Waals surface area (Å²) in [6.07, 6.45) is -1.22. The quantitative estimate of drug-likeness (QED) is 0.383. The van der Waals surface area contributed by atoms with E-state index in [-0.39, 0.29) is 18.8 Å². The van der Waals surface area contributed by atoms with Gasteiger partial charge in [0.25, 0.3) is 5.91 Å². The number of carbonyl (C=O) groups excluding carboxylic acids is 3. The number of aromatic nitrogens is 1. The van der Waals surface area contributed by atoms with Gasteiger partial charge in [0, 0.05) is 23.1 Å². The van der Waals surface area contributed by atoms with Crippen LogP contribution in [0, 0.1) is 29.8 Å². The van der Waals surface area contributed by atoms with Crippen molar-refractivity contribution in [1.82, 2.24) is 4.57 Å². The largest absolute Gasteiger partial charge is 0.462 e. The third-order valence-electron chi connectivity index (χ3n) is 4.44. The predicted octanol–water partition coefficient (Wildman–Crippen LogP) is 2.90. The summed E-state index contributed by atoms with van der Waals surface area (Å²) in [5.74, 6) is -3.02. The van der Waals surface area contributed by atoms with Crippen LogP contribution in [0.5, 0.6) is 0 Å². The van der Waals surface area contributed by atoms with Crippen LogP contribution in [0.15, 0.2) is 24.3 Å². The van der Waals surface area contributed by atoms with Gasteiger partial charge >= 0.3 is 17.6 Å². The van der Waals surface area contributed by atoms with Crippen LogP contribution in [0.25, 0.3) is 0 Å². The molecule has 2 rings (SSSR count). The molecule has 0 saturated heterocycles. The molecule has 1 heterocycles. The van der Waals surface area contributed by atoms with Crippen LogP contribution >= 0.6 is 0 Å². The molecule has 0 aliphatic heterocycles. The fourth-order valence-corrected chi connectivity index (χ4v) is 2.85. The Morgan fingerprint density at radius 2 is 1.94 bits per heavy atom. The summed E-state index contributed by atoms with van der Waals surface area (Å²) in [7, 11) is 0. The smallest absolute Gasteiger partial charge is 0.339 e. The second-order valence-corrected chi connectivity index (χ2v) is 6.64. The van der Waals surface area contributed by atoms with E-state index in [0.29, 0.717) is 17.0 Å². The molecule has 0 aliphatic carbocycles. The third kappa shape index (κ3) is 5.65. The monoisotopic (exact) mass is 435 g/mol. The normalized spacial score (nSPS) is 11.5. The zero-order valence-corrected chi connectivity index (χ0v) is 17.4. The number of nitrogens with zero attached hydrogens (tertiary/aromatic N) is 2. The lowest BCUT2D eigenvalue weighted by atomic mass is 10.2. The number of nitro benzene ring substituents is 1. The molecule has 0 radical (unpaired) electrons. The Balaban J connectivity index is 2.03. The zero-order valence-electron chi connectivity index (χ0n) is 17.4. The van der Waals surface area contributed by atoms with E-state index in [1.54, 1.807) is 31.4 Å². The lowest BCUT2D eigenvalue weighted by Crippen LogP contribution is -2.31. The molecule has 0 spiro atoms. The zero-order chi connectivity index (χ0) is 23.3. The Hall–Kier alpha value is -3.76. The number of halogens is 1. The molecule has 166 valence electrons. The number of amides is 1. The number of nitro groups is 1. The summed E-state index contributed by atoms with van der Waals surface area (Å²) in [5, 5.41) is 13.1. The lowest BCUT2D eigenvalue weighted by Gasteiger charge is -2.15. The maximum Gasteiger partial charge on any atom is 0.339 e. The minimum absolute atomic E-state index is 0.0165. The minimum atomic E-state index is -1.22. The van der Waals surface area contributed by atoms with Gasteiger partial charge in [-0.2, -0.15) is 4.39 Å². The number of hydrogen-bond donors (Lipinski definition) is 1. The second kappa shape index (κ2) is 9.83. The van der Waals surface area contributed by atoms with Crippen molar-refractivity contribution in [2.24, 2.45) is 0 Å². The molecule has 1 N–H and O–H groups in total. The van der Waals surface area contributed by atoms with Crippen LogP contribution in [0.3, 0.4) is 0 Å². The number of aryl methyl sites for hydroxylation is 1. The Morgan fingerprint density at radius 3 is 2.55 bits per heavy atom. The number of anilines is 1. The first-order valence-electron chi connectivity index (χ1n) is 9.33. The van der Waals surface area contributed by atoms with E-state index in [2.05, 4.69) is 5.32 Å². The summed E-state index contributed by atoms with van der Waals surface area (Å²) in [5.41, 5.74) is 0.670. The van der Waals surface area contributed by atoms with E-state index in [1.165, 1.54) is 6.92 Å². The van der Waals surface area contributed by atoms with Crippen LogP contribution < -0.4 is 5.32 Å². The van der Waals surface area contributed by atoms with Gasteiger partial charge in [-0.3, -0.25) is 19.7 Å². The number of rotatable bonds is 8. The highest BCUT2D eigenvalue weighted by Crippen LogP contribution is 2.22. The van der Waals surface area contributed by atoms with Gasteiger partial charge < -0.3 is 19.4 Å². The van der Waals surface area contributed by atoms with E-state index >= 15 is 0 Å². The van der Waals surface area contributed by atoms with E-state index < -0.39 is 40.4 Å². The van der Waals surface area contributed by atoms with E-state index in [1.807, 2.05) is 0 Å². The van der Waals surface area contributed by atoms with Crippen molar-refractivity contribution >= 4 is 29.2 Å². The molecule has 11 heteroatoms. The van der Waals surface area contributed by atoms with Gasteiger partial charge in [0.15, 0.2) is 6.10 Å². The van der Waals surface area contributed by atoms with Gasteiger partial charge in [0.1, 0.15) is 6.54 Å². The molecule has 0 fully saturated rings. The molecule has 2 aromatic rings. The Kier molecular flexibility index (Phi) is 7.46. The maximum absolute atomic E-state index is 13.4. The Bertz CT molecular complexity index is 1030. The highest BCUT2D eigenvalue weighted by atomic mass is 19.1. The van der Waals surface area contributed by atoms with Crippen LogP contribution in [-0.2, 0) is 25.6 Å². The molecule has 1 unspecified atom stereocenters. The van der Waals surface area contributed by atoms with Gasteiger partial charge in [-0.25, -0.2) is 4.79 Å². The van der Waals surface area contributed by atoms with E-state index in [4.69, 9.17) is 9.47 Å². The van der Waals surface area contributed by atoms with Crippen LogP contribution in [0.4, 0.5) is 15.8 Å². The molecular formula is C20H22FN3O7. The van der Waals surface area contributed by atoms with Gasteiger partial charge in [0.05, 0.1) is 17.1 Å². The number of esters is 2.